The Balaban J connectivity index is 1.92. The second kappa shape index (κ2) is 6.86. The van der Waals surface area contributed by atoms with E-state index in [0.717, 1.165) is 36.9 Å². The SMILES string of the molecule is COCC1CCCN(c2nc(CCC(=O)O)cs2)C1. The maximum absolute atomic E-state index is 10.5. The van der Waals surface area contributed by atoms with Crippen LogP contribution in [0.3, 0.4) is 0 Å². The summed E-state index contributed by atoms with van der Waals surface area (Å²) in [4.78, 5) is 17.4. The number of rotatable bonds is 6. The maximum Gasteiger partial charge on any atom is 0.303 e. The van der Waals surface area contributed by atoms with Gasteiger partial charge in [-0.3, -0.25) is 4.79 Å². The number of aliphatic carboxylic acids is 1. The van der Waals surface area contributed by atoms with Gasteiger partial charge in [-0.15, -0.1) is 11.3 Å². The number of hydrogen-bond donors (Lipinski definition) is 1. The van der Waals surface area contributed by atoms with Gasteiger partial charge in [0.1, 0.15) is 0 Å². The minimum Gasteiger partial charge on any atom is -0.481 e. The van der Waals surface area contributed by atoms with E-state index < -0.39 is 5.97 Å². The predicted octanol–water partition coefficient (Wildman–Crippen LogP) is 2.02. The number of piperidine rings is 1. The van der Waals surface area contributed by atoms with Crippen LogP contribution in [-0.2, 0) is 16.0 Å². The first-order valence-electron chi connectivity index (χ1n) is 6.59. The first-order chi connectivity index (χ1) is 9.19. The zero-order valence-corrected chi connectivity index (χ0v) is 12.0. The summed E-state index contributed by atoms with van der Waals surface area (Å²) >= 11 is 1.61. The molecule has 0 aromatic carbocycles. The van der Waals surface area contributed by atoms with E-state index in [-0.39, 0.29) is 6.42 Å². The van der Waals surface area contributed by atoms with E-state index in [9.17, 15) is 4.79 Å². The summed E-state index contributed by atoms with van der Waals surface area (Å²) in [6.45, 7) is 2.82. The Bertz CT molecular complexity index is 420. The highest BCUT2D eigenvalue weighted by Gasteiger charge is 2.22. The van der Waals surface area contributed by atoms with E-state index in [0.29, 0.717) is 12.3 Å². The molecule has 1 aromatic heterocycles. The fraction of sp³-hybridized carbons (Fsp3) is 0.692. The fourth-order valence-electron chi connectivity index (χ4n) is 2.40. The molecule has 1 saturated heterocycles. The lowest BCUT2D eigenvalue weighted by Gasteiger charge is -2.32. The molecule has 1 unspecified atom stereocenters. The van der Waals surface area contributed by atoms with Crippen LogP contribution in [0.5, 0.6) is 0 Å². The van der Waals surface area contributed by atoms with Crippen LogP contribution in [0.25, 0.3) is 0 Å². The molecule has 1 aliphatic rings. The Hall–Kier alpha value is -1.14. The number of aromatic nitrogens is 1. The van der Waals surface area contributed by atoms with Gasteiger partial charge in [-0.1, -0.05) is 0 Å². The summed E-state index contributed by atoms with van der Waals surface area (Å²) in [6.07, 6.45) is 3.04. The zero-order valence-electron chi connectivity index (χ0n) is 11.2. The molecule has 0 radical (unpaired) electrons. The van der Waals surface area contributed by atoms with Gasteiger partial charge in [0.15, 0.2) is 5.13 Å². The summed E-state index contributed by atoms with van der Waals surface area (Å²) < 4.78 is 5.23. The average molecular weight is 284 g/mol. The molecule has 0 bridgehead atoms. The van der Waals surface area contributed by atoms with Crippen molar-refractivity contribution in [2.24, 2.45) is 5.92 Å². The van der Waals surface area contributed by atoms with Crippen LogP contribution in [-0.4, -0.2) is 42.9 Å². The Labute approximate surface area is 117 Å². The van der Waals surface area contributed by atoms with Gasteiger partial charge in [0.2, 0.25) is 0 Å². The first kappa shape index (κ1) is 14.3. The number of thiazole rings is 1. The van der Waals surface area contributed by atoms with Crippen molar-refractivity contribution in [3.8, 4) is 0 Å². The quantitative estimate of drug-likeness (QED) is 0.866. The molecule has 6 heteroatoms. The summed E-state index contributed by atoms with van der Waals surface area (Å²) in [5, 5.41) is 11.7. The Morgan fingerprint density at radius 2 is 2.53 bits per heavy atom. The number of carboxylic acids is 1. The molecule has 1 atom stereocenters. The third-order valence-electron chi connectivity index (χ3n) is 3.33. The third kappa shape index (κ3) is 4.18. The molecular formula is C13H20N2O3S. The van der Waals surface area contributed by atoms with Crippen molar-refractivity contribution in [2.45, 2.75) is 25.7 Å². The largest absolute Gasteiger partial charge is 0.481 e. The molecule has 1 aliphatic heterocycles. The van der Waals surface area contributed by atoms with Crippen molar-refractivity contribution in [3.63, 3.8) is 0 Å². The van der Waals surface area contributed by atoms with Crippen molar-refractivity contribution in [3.05, 3.63) is 11.1 Å². The maximum atomic E-state index is 10.5. The lowest BCUT2D eigenvalue weighted by atomic mass is 9.99. The van der Waals surface area contributed by atoms with Gasteiger partial charge in [-0.25, -0.2) is 4.98 Å². The van der Waals surface area contributed by atoms with Crippen molar-refractivity contribution in [2.75, 3.05) is 31.7 Å². The van der Waals surface area contributed by atoms with Crippen LogP contribution >= 0.6 is 11.3 Å². The molecule has 0 spiro atoms. The van der Waals surface area contributed by atoms with E-state index in [1.807, 2.05) is 5.38 Å². The highest BCUT2D eigenvalue weighted by atomic mass is 32.1. The molecule has 2 rings (SSSR count). The number of nitrogens with zero attached hydrogens (tertiary/aromatic N) is 2. The normalized spacial score (nSPS) is 19.6. The van der Waals surface area contributed by atoms with E-state index in [4.69, 9.17) is 9.84 Å². The molecule has 1 aromatic rings. The van der Waals surface area contributed by atoms with Crippen LogP contribution in [0.2, 0.25) is 0 Å². The Morgan fingerprint density at radius 3 is 3.26 bits per heavy atom. The van der Waals surface area contributed by atoms with Crippen LogP contribution < -0.4 is 4.90 Å². The highest BCUT2D eigenvalue weighted by molar-refractivity contribution is 7.13. The standard InChI is InChI=1S/C13H20N2O3S/c1-18-8-10-3-2-6-15(7-10)13-14-11(9-19-13)4-5-12(16)17/h9-10H,2-8H2,1H3,(H,16,17). The fourth-order valence-corrected chi connectivity index (χ4v) is 3.30. The van der Waals surface area contributed by atoms with Crippen LogP contribution in [0.4, 0.5) is 5.13 Å². The van der Waals surface area contributed by atoms with Crippen molar-refractivity contribution in [1.82, 2.24) is 4.98 Å². The van der Waals surface area contributed by atoms with Gasteiger partial charge in [0, 0.05) is 32.0 Å². The molecule has 0 aliphatic carbocycles. The average Bonchev–Trinajstić information content (AvgIpc) is 2.86. The van der Waals surface area contributed by atoms with E-state index in [2.05, 4.69) is 9.88 Å². The number of carbonyl (C=O) groups is 1. The van der Waals surface area contributed by atoms with Crippen molar-refractivity contribution in [1.29, 1.82) is 0 Å². The topological polar surface area (TPSA) is 62.7 Å². The van der Waals surface area contributed by atoms with Crippen LogP contribution in [0, 0.1) is 5.92 Å². The lowest BCUT2D eigenvalue weighted by molar-refractivity contribution is -0.136. The molecule has 1 N–H and O–H groups in total. The Kier molecular flexibility index (Phi) is 5.15. The number of hydrogen-bond acceptors (Lipinski definition) is 5. The minimum absolute atomic E-state index is 0.148. The number of ether oxygens (including phenoxy) is 1. The van der Waals surface area contributed by atoms with Gasteiger partial charge >= 0.3 is 5.97 Å². The van der Waals surface area contributed by atoms with Gasteiger partial charge < -0.3 is 14.7 Å². The molecular weight excluding hydrogens is 264 g/mol. The van der Waals surface area contributed by atoms with Gasteiger partial charge in [0.05, 0.1) is 18.7 Å². The summed E-state index contributed by atoms with van der Waals surface area (Å²) in [6, 6.07) is 0. The summed E-state index contributed by atoms with van der Waals surface area (Å²) in [5.74, 6) is -0.196. The van der Waals surface area contributed by atoms with Gasteiger partial charge in [0.25, 0.3) is 0 Å². The monoisotopic (exact) mass is 284 g/mol. The van der Waals surface area contributed by atoms with E-state index in [1.54, 1.807) is 18.4 Å². The van der Waals surface area contributed by atoms with Gasteiger partial charge in [-0.05, 0) is 18.8 Å². The highest BCUT2D eigenvalue weighted by Crippen LogP contribution is 2.26. The number of methoxy groups -OCH3 is 1. The van der Waals surface area contributed by atoms with E-state index >= 15 is 0 Å². The van der Waals surface area contributed by atoms with Crippen molar-refractivity contribution < 1.29 is 14.6 Å². The van der Waals surface area contributed by atoms with Crippen LogP contribution in [0.15, 0.2) is 5.38 Å². The molecule has 0 amide bonds. The molecule has 1 fully saturated rings. The summed E-state index contributed by atoms with van der Waals surface area (Å²) in [7, 11) is 1.74. The second-order valence-corrected chi connectivity index (χ2v) is 5.76. The van der Waals surface area contributed by atoms with Gasteiger partial charge in [-0.2, -0.15) is 0 Å². The lowest BCUT2D eigenvalue weighted by Crippen LogP contribution is -2.37. The third-order valence-corrected chi connectivity index (χ3v) is 4.28. The zero-order chi connectivity index (χ0) is 13.7. The first-order valence-corrected chi connectivity index (χ1v) is 7.47. The molecule has 106 valence electrons. The summed E-state index contributed by atoms with van der Waals surface area (Å²) in [5.41, 5.74) is 0.885. The molecule has 2 heterocycles. The number of carboxylic acid groups (broad SMARTS) is 1. The molecule has 5 nitrogen and oxygen atoms in total. The number of aryl methyl sites for hydroxylation is 1. The second-order valence-electron chi connectivity index (χ2n) is 4.92. The van der Waals surface area contributed by atoms with E-state index in [1.165, 1.54) is 6.42 Å². The predicted molar refractivity (Wildman–Crippen MR) is 74.9 cm³/mol. The minimum atomic E-state index is -0.771. The molecule has 19 heavy (non-hydrogen) atoms. The smallest absolute Gasteiger partial charge is 0.303 e. The Morgan fingerprint density at radius 1 is 1.68 bits per heavy atom. The van der Waals surface area contributed by atoms with Crippen LogP contribution in [0.1, 0.15) is 25.0 Å². The molecule has 0 saturated carbocycles. The van der Waals surface area contributed by atoms with Crippen molar-refractivity contribution >= 4 is 22.4 Å². The number of anilines is 1.